The first kappa shape index (κ1) is 24.8. The van der Waals surface area contributed by atoms with Crippen LogP contribution in [0.1, 0.15) is 18.9 Å². The van der Waals surface area contributed by atoms with Gasteiger partial charge in [0.25, 0.3) is 0 Å². The van der Waals surface area contributed by atoms with E-state index >= 15 is 0 Å². The molecule has 5 nitrogen and oxygen atoms in total. The van der Waals surface area contributed by atoms with Gasteiger partial charge in [-0.2, -0.15) is 0 Å². The third-order valence-corrected chi connectivity index (χ3v) is 6.19. The van der Waals surface area contributed by atoms with E-state index in [0.29, 0.717) is 13.0 Å². The maximum atomic E-state index is 12.2. The lowest BCUT2D eigenvalue weighted by molar-refractivity contribution is 0.124. The lowest BCUT2D eigenvalue weighted by atomic mass is 10.2. The van der Waals surface area contributed by atoms with Crippen molar-refractivity contribution in [3.63, 3.8) is 0 Å². The SMILES string of the molecule is CC[C@@H](/C=C/CN(CC#C[Si](C)(C)C)Cc1ccccc1)OP(=O)(OC)OC. The van der Waals surface area contributed by atoms with E-state index in [0.717, 1.165) is 13.1 Å². The molecule has 0 saturated heterocycles. The molecule has 0 N–H and O–H groups in total. The normalized spacial score (nSPS) is 13.5. The van der Waals surface area contributed by atoms with Crippen molar-refractivity contribution in [3.8, 4) is 11.5 Å². The van der Waals surface area contributed by atoms with Gasteiger partial charge >= 0.3 is 7.82 Å². The zero-order chi connectivity index (χ0) is 21.0. The highest BCUT2D eigenvalue weighted by atomic mass is 31.2. The van der Waals surface area contributed by atoms with Gasteiger partial charge in [0, 0.05) is 27.3 Å². The molecule has 1 aromatic rings. The Kier molecular flexibility index (Phi) is 11.0. The summed E-state index contributed by atoms with van der Waals surface area (Å²) in [5.41, 5.74) is 4.67. The Labute approximate surface area is 171 Å². The predicted molar refractivity (Wildman–Crippen MR) is 119 cm³/mol. The van der Waals surface area contributed by atoms with Crippen LogP contribution in [0.3, 0.4) is 0 Å². The first-order chi connectivity index (χ1) is 13.2. The maximum Gasteiger partial charge on any atom is 0.474 e. The molecule has 0 aromatic heterocycles. The number of rotatable bonds is 11. The average Bonchev–Trinajstić information content (AvgIpc) is 2.66. The van der Waals surface area contributed by atoms with Crippen molar-refractivity contribution in [1.29, 1.82) is 0 Å². The molecular weight excluding hydrogens is 389 g/mol. The van der Waals surface area contributed by atoms with Crippen LogP contribution in [0.4, 0.5) is 0 Å². The molecule has 0 aliphatic rings. The van der Waals surface area contributed by atoms with Gasteiger partial charge in [-0.15, -0.1) is 5.54 Å². The third kappa shape index (κ3) is 10.4. The number of hydrogen-bond acceptors (Lipinski definition) is 5. The van der Waals surface area contributed by atoms with Crippen molar-refractivity contribution in [3.05, 3.63) is 48.0 Å². The summed E-state index contributed by atoms with van der Waals surface area (Å²) in [5, 5.41) is 0. The van der Waals surface area contributed by atoms with Crippen LogP contribution in [0.5, 0.6) is 0 Å². The molecule has 0 aliphatic carbocycles. The first-order valence-electron chi connectivity index (χ1n) is 9.54. The van der Waals surface area contributed by atoms with Gasteiger partial charge in [0.05, 0.1) is 12.6 Å². The molecule has 0 aliphatic heterocycles. The molecule has 28 heavy (non-hydrogen) atoms. The monoisotopic (exact) mass is 423 g/mol. The molecule has 0 saturated carbocycles. The van der Waals surface area contributed by atoms with Gasteiger partial charge in [-0.05, 0) is 12.0 Å². The molecule has 0 unspecified atom stereocenters. The van der Waals surface area contributed by atoms with Gasteiger partial charge < -0.3 is 0 Å². The topological polar surface area (TPSA) is 48.0 Å². The third-order valence-electron chi connectivity index (χ3n) is 3.84. The number of nitrogens with zero attached hydrogens (tertiary/aromatic N) is 1. The highest BCUT2D eigenvalue weighted by molar-refractivity contribution is 7.48. The van der Waals surface area contributed by atoms with Crippen LogP contribution in [0.2, 0.25) is 19.6 Å². The van der Waals surface area contributed by atoms with Gasteiger partial charge in [0.2, 0.25) is 0 Å². The summed E-state index contributed by atoms with van der Waals surface area (Å²) in [4.78, 5) is 2.28. The molecule has 0 bridgehead atoms. The van der Waals surface area contributed by atoms with Crippen LogP contribution in [0, 0.1) is 11.5 Å². The quantitative estimate of drug-likeness (QED) is 0.214. The van der Waals surface area contributed by atoms with Gasteiger partial charge in [0.15, 0.2) is 0 Å². The maximum absolute atomic E-state index is 12.2. The minimum absolute atomic E-state index is 0.336. The minimum atomic E-state index is -3.49. The van der Waals surface area contributed by atoms with Gasteiger partial charge in [-0.3, -0.25) is 18.5 Å². The van der Waals surface area contributed by atoms with E-state index in [1.807, 2.05) is 37.3 Å². The molecule has 1 rings (SSSR count). The summed E-state index contributed by atoms with van der Waals surface area (Å²) in [5.74, 6) is 3.34. The summed E-state index contributed by atoms with van der Waals surface area (Å²) in [6.07, 6.45) is 4.27. The summed E-state index contributed by atoms with van der Waals surface area (Å²) >= 11 is 0. The second-order valence-corrected chi connectivity index (χ2v) is 14.1. The van der Waals surface area contributed by atoms with E-state index in [1.165, 1.54) is 19.8 Å². The standard InChI is InChI=1S/C21H34NO4PSi/c1-7-21(26-27(23,24-2)25-3)15-11-16-22(17-12-18-28(4,5)6)19-20-13-9-8-10-14-20/h8-11,13-15,21H,7,16-17,19H2,1-6H3/b15-11+/t21-/m0/s1. The molecule has 7 heteroatoms. The fourth-order valence-electron chi connectivity index (χ4n) is 2.38. The smallest absolute Gasteiger partial charge is 0.290 e. The van der Waals surface area contributed by atoms with E-state index in [1.54, 1.807) is 0 Å². The lowest BCUT2D eigenvalue weighted by Crippen LogP contribution is -2.25. The molecule has 156 valence electrons. The Hall–Kier alpha value is -1.19. The van der Waals surface area contributed by atoms with E-state index < -0.39 is 15.9 Å². The zero-order valence-corrected chi connectivity index (χ0v) is 19.9. The van der Waals surface area contributed by atoms with E-state index in [9.17, 15) is 4.57 Å². The molecule has 0 fully saturated rings. The van der Waals surface area contributed by atoms with Crippen molar-refractivity contribution in [2.45, 2.75) is 45.6 Å². The number of benzene rings is 1. The fraction of sp³-hybridized carbons (Fsp3) is 0.524. The van der Waals surface area contributed by atoms with E-state index in [-0.39, 0.29) is 6.10 Å². The Morgan fingerprint density at radius 2 is 1.82 bits per heavy atom. The summed E-state index contributed by atoms with van der Waals surface area (Å²) in [7, 11) is -2.24. The Morgan fingerprint density at radius 1 is 1.18 bits per heavy atom. The van der Waals surface area contributed by atoms with E-state index in [2.05, 4.69) is 48.1 Å². The van der Waals surface area contributed by atoms with Crippen molar-refractivity contribution in [2.24, 2.45) is 0 Å². The Morgan fingerprint density at radius 3 is 2.36 bits per heavy atom. The number of phosphoric acid groups is 1. The van der Waals surface area contributed by atoms with E-state index in [4.69, 9.17) is 13.6 Å². The van der Waals surface area contributed by atoms with Crippen LogP contribution in [-0.4, -0.2) is 46.4 Å². The first-order valence-corrected chi connectivity index (χ1v) is 14.5. The van der Waals surface area contributed by atoms with Gasteiger partial charge in [0.1, 0.15) is 8.07 Å². The molecule has 1 atom stereocenters. The molecule has 0 heterocycles. The fourth-order valence-corrected chi connectivity index (χ4v) is 3.86. The minimum Gasteiger partial charge on any atom is -0.290 e. The van der Waals surface area contributed by atoms with Crippen molar-refractivity contribution < 1.29 is 18.1 Å². The summed E-state index contributed by atoms with van der Waals surface area (Å²) < 4.78 is 27.4. The molecule has 0 amide bonds. The van der Waals surface area contributed by atoms with Crippen LogP contribution >= 0.6 is 7.82 Å². The second-order valence-electron chi connectivity index (χ2n) is 7.50. The molecule has 0 radical (unpaired) electrons. The van der Waals surface area contributed by atoms with Crippen LogP contribution < -0.4 is 0 Å². The zero-order valence-electron chi connectivity index (χ0n) is 18.0. The summed E-state index contributed by atoms with van der Waals surface area (Å²) in [6, 6.07) is 10.4. The molecule has 0 spiro atoms. The van der Waals surface area contributed by atoms with Crippen molar-refractivity contribution >= 4 is 15.9 Å². The Balaban J connectivity index is 2.78. The summed E-state index contributed by atoms with van der Waals surface area (Å²) in [6.45, 7) is 10.9. The van der Waals surface area contributed by atoms with Crippen molar-refractivity contribution in [2.75, 3.05) is 27.3 Å². The average molecular weight is 424 g/mol. The molecule has 1 aromatic carbocycles. The predicted octanol–water partition coefficient (Wildman–Crippen LogP) is 5.12. The highest BCUT2D eigenvalue weighted by Crippen LogP contribution is 2.49. The highest BCUT2D eigenvalue weighted by Gasteiger charge is 2.26. The van der Waals surface area contributed by atoms with Crippen molar-refractivity contribution in [1.82, 2.24) is 4.90 Å². The van der Waals surface area contributed by atoms with Gasteiger partial charge in [-0.25, -0.2) is 4.57 Å². The lowest BCUT2D eigenvalue weighted by Gasteiger charge is -2.20. The second kappa shape index (κ2) is 12.4. The Bertz CT molecular complexity index is 699. The largest absolute Gasteiger partial charge is 0.474 e. The number of phosphoric ester groups is 1. The number of hydrogen-bond donors (Lipinski definition) is 0. The van der Waals surface area contributed by atoms with Crippen LogP contribution in [0.15, 0.2) is 42.5 Å². The van der Waals surface area contributed by atoms with Crippen LogP contribution in [0.25, 0.3) is 0 Å². The van der Waals surface area contributed by atoms with Crippen LogP contribution in [-0.2, 0) is 24.7 Å². The molecular formula is C21H34NO4PSi. The van der Waals surface area contributed by atoms with Gasteiger partial charge in [-0.1, -0.05) is 75.0 Å².